The highest BCUT2D eigenvalue weighted by Crippen LogP contribution is 2.32. The molecule has 33 heavy (non-hydrogen) atoms. The number of rotatable bonds is 5. The standard InChI is InChI=1S/C22H22F3N7O/c1-33-20-19-16(14-2-3-17-18(12-14)27-8-7-26-17)6-11-32(19)30-21(29-20)28-15-4-9-31(10-5-15)13-22(23,24)25/h2-3,6-8,11-12,15H,4-5,9-10,13H2,1H3,(H,28,30). The Morgan fingerprint density at radius 3 is 2.58 bits per heavy atom. The Balaban J connectivity index is 1.38. The average Bonchev–Trinajstić information content (AvgIpc) is 3.22. The first-order chi connectivity index (χ1) is 15.9. The second kappa shape index (κ2) is 8.47. The van der Waals surface area contributed by atoms with Crippen LogP contribution in [0, 0.1) is 0 Å². The Labute approximate surface area is 187 Å². The molecule has 0 aliphatic carbocycles. The fraction of sp³-hybridized carbons (Fsp3) is 0.364. The van der Waals surface area contributed by atoms with Crippen LogP contribution in [0.3, 0.4) is 0 Å². The van der Waals surface area contributed by atoms with Gasteiger partial charge in [0.05, 0.1) is 24.7 Å². The molecule has 1 fully saturated rings. The number of nitrogens with zero attached hydrogens (tertiary/aromatic N) is 6. The highest BCUT2D eigenvalue weighted by atomic mass is 19.4. The summed E-state index contributed by atoms with van der Waals surface area (Å²) in [5.74, 6) is 0.779. The van der Waals surface area contributed by atoms with Gasteiger partial charge in [0.1, 0.15) is 5.52 Å². The first kappa shape index (κ1) is 21.4. The van der Waals surface area contributed by atoms with E-state index in [2.05, 4.69) is 25.4 Å². The minimum atomic E-state index is -4.18. The lowest BCUT2D eigenvalue weighted by atomic mass is 10.1. The predicted molar refractivity (Wildman–Crippen MR) is 117 cm³/mol. The number of methoxy groups -OCH3 is 1. The summed E-state index contributed by atoms with van der Waals surface area (Å²) in [6.45, 7) is -0.132. The summed E-state index contributed by atoms with van der Waals surface area (Å²) in [6.07, 6.45) is 2.11. The molecular formula is C22H22F3N7O. The molecule has 3 aromatic heterocycles. The topological polar surface area (TPSA) is 80.5 Å². The van der Waals surface area contributed by atoms with Gasteiger partial charge in [0.15, 0.2) is 0 Å². The average molecular weight is 457 g/mol. The molecule has 0 spiro atoms. The number of aromatic nitrogens is 5. The highest BCUT2D eigenvalue weighted by molar-refractivity contribution is 5.89. The van der Waals surface area contributed by atoms with Gasteiger partial charge in [0.25, 0.3) is 0 Å². The molecule has 1 saturated heterocycles. The smallest absolute Gasteiger partial charge is 0.401 e. The van der Waals surface area contributed by atoms with Crippen molar-refractivity contribution in [2.45, 2.75) is 25.1 Å². The highest BCUT2D eigenvalue weighted by Gasteiger charge is 2.32. The lowest BCUT2D eigenvalue weighted by Crippen LogP contribution is -2.43. The van der Waals surface area contributed by atoms with E-state index in [0.29, 0.717) is 43.3 Å². The van der Waals surface area contributed by atoms with Gasteiger partial charge in [-0.1, -0.05) is 6.07 Å². The first-order valence-corrected chi connectivity index (χ1v) is 10.6. The van der Waals surface area contributed by atoms with Crippen LogP contribution in [0.5, 0.6) is 5.88 Å². The number of halogens is 3. The Morgan fingerprint density at radius 2 is 1.85 bits per heavy atom. The third-order valence-corrected chi connectivity index (χ3v) is 5.78. The normalized spacial score (nSPS) is 15.9. The number of anilines is 1. The first-order valence-electron chi connectivity index (χ1n) is 10.6. The van der Waals surface area contributed by atoms with Gasteiger partial charge in [-0.15, -0.1) is 5.10 Å². The molecule has 0 unspecified atom stereocenters. The number of hydrogen-bond acceptors (Lipinski definition) is 7. The van der Waals surface area contributed by atoms with E-state index in [-0.39, 0.29) is 6.04 Å². The number of fused-ring (bicyclic) bond motifs is 2. The number of hydrogen-bond donors (Lipinski definition) is 1. The number of alkyl halides is 3. The van der Waals surface area contributed by atoms with Gasteiger partial charge in [-0.25, -0.2) is 4.52 Å². The SMILES string of the molecule is COc1nc(NC2CCN(CC(F)(F)F)CC2)nn2ccc(-c3ccc4nccnc4c3)c12. The summed E-state index contributed by atoms with van der Waals surface area (Å²) in [5, 5.41) is 7.81. The van der Waals surface area contributed by atoms with Gasteiger partial charge >= 0.3 is 6.18 Å². The third kappa shape index (κ3) is 4.54. The van der Waals surface area contributed by atoms with Gasteiger partial charge in [0.2, 0.25) is 11.8 Å². The van der Waals surface area contributed by atoms with Crippen LogP contribution in [0.25, 0.3) is 27.7 Å². The molecule has 0 atom stereocenters. The van der Waals surface area contributed by atoms with Gasteiger partial charge in [-0.2, -0.15) is 18.2 Å². The number of nitrogens with one attached hydrogen (secondary N) is 1. The summed E-state index contributed by atoms with van der Waals surface area (Å²) in [7, 11) is 1.55. The summed E-state index contributed by atoms with van der Waals surface area (Å²) in [5.41, 5.74) is 4.13. The van der Waals surface area contributed by atoms with Gasteiger partial charge < -0.3 is 10.1 Å². The minimum Gasteiger partial charge on any atom is -0.479 e. The quantitative estimate of drug-likeness (QED) is 0.488. The molecule has 172 valence electrons. The molecule has 0 saturated carbocycles. The summed E-state index contributed by atoms with van der Waals surface area (Å²) in [6, 6.07) is 7.76. The minimum absolute atomic E-state index is 0.00858. The van der Waals surface area contributed by atoms with Crippen molar-refractivity contribution in [1.82, 2.24) is 29.5 Å². The van der Waals surface area contributed by atoms with Gasteiger partial charge in [-0.05, 0) is 36.6 Å². The van der Waals surface area contributed by atoms with Crippen molar-refractivity contribution in [2.75, 3.05) is 32.1 Å². The third-order valence-electron chi connectivity index (χ3n) is 5.78. The zero-order chi connectivity index (χ0) is 23.0. The van der Waals surface area contributed by atoms with E-state index in [4.69, 9.17) is 4.74 Å². The molecule has 0 radical (unpaired) electrons. The maximum Gasteiger partial charge on any atom is 0.401 e. The van der Waals surface area contributed by atoms with Gasteiger partial charge in [0, 0.05) is 43.3 Å². The predicted octanol–water partition coefficient (Wildman–Crippen LogP) is 3.79. The largest absolute Gasteiger partial charge is 0.479 e. The Morgan fingerprint density at radius 1 is 1.09 bits per heavy atom. The van der Waals surface area contributed by atoms with E-state index >= 15 is 0 Å². The number of benzene rings is 1. The summed E-state index contributed by atoms with van der Waals surface area (Å²) >= 11 is 0. The van der Waals surface area contributed by atoms with E-state index in [9.17, 15) is 13.2 Å². The van der Waals surface area contributed by atoms with Crippen molar-refractivity contribution in [3.63, 3.8) is 0 Å². The van der Waals surface area contributed by atoms with E-state index in [0.717, 1.165) is 22.2 Å². The number of likely N-dealkylation sites (tertiary alicyclic amines) is 1. The number of ether oxygens (including phenoxy) is 1. The van der Waals surface area contributed by atoms with Gasteiger partial charge in [-0.3, -0.25) is 14.9 Å². The second-order valence-electron chi connectivity index (χ2n) is 8.04. The molecule has 11 heteroatoms. The maximum absolute atomic E-state index is 12.6. The van der Waals surface area contributed by atoms with Crippen LogP contribution in [-0.2, 0) is 0 Å². The van der Waals surface area contributed by atoms with Crippen LogP contribution in [0.1, 0.15) is 12.8 Å². The number of piperidine rings is 1. The van der Waals surface area contributed by atoms with Crippen LogP contribution in [0.2, 0.25) is 0 Å². The van der Waals surface area contributed by atoms with E-state index in [1.165, 1.54) is 4.90 Å². The van der Waals surface area contributed by atoms with Crippen LogP contribution in [-0.4, -0.2) is 68.4 Å². The molecule has 1 N–H and O–H groups in total. The molecule has 0 bridgehead atoms. The summed E-state index contributed by atoms with van der Waals surface area (Å²) in [4.78, 5) is 14.6. The maximum atomic E-state index is 12.6. The zero-order valence-electron chi connectivity index (χ0n) is 17.9. The molecule has 4 heterocycles. The van der Waals surface area contributed by atoms with Crippen LogP contribution in [0.15, 0.2) is 42.9 Å². The van der Waals surface area contributed by atoms with Crippen molar-refractivity contribution >= 4 is 22.5 Å². The molecule has 4 aromatic rings. The van der Waals surface area contributed by atoms with Crippen LogP contribution < -0.4 is 10.1 Å². The monoisotopic (exact) mass is 457 g/mol. The summed E-state index contributed by atoms with van der Waals surface area (Å²) < 4.78 is 45.1. The van der Waals surface area contributed by atoms with Crippen molar-refractivity contribution in [2.24, 2.45) is 0 Å². The molecule has 0 amide bonds. The van der Waals surface area contributed by atoms with Crippen LogP contribution in [0.4, 0.5) is 19.1 Å². The molecule has 1 aliphatic rings. The van der Waals surface area contributed by atoms with Crippen molar-refractivity contribution in [1.29, 1.82) is 0 Å². The van der Waals surface area contributed by atoms with E-state index in [1.807, 2.05) is 30.5 Å². The Bertz CT molecular complexity index is 1280. The Kier molecular flexibility index (Phi) is 5.49. The van der Waals surface area contributed by atoms with E-state index in [1.54, 1.807) is 24.0 Å². The molecule has 8 nitrogen and oxygen atoms in total. The van der Waals surface area contributed by atoms with Crippen molar-refractivity contribution in [3.05, 3.63) is 42.9 Å². The fourth-order valence-corrected chi connectivity index (χ4v) is 4.23. The van der Waals surface area contributed by atoms with Crippen LogP contribution >= 0.6 is 0 Å². The lowest BCUT2D eigenvalue weighted by molar-refractivity contribution is -0.147. The fourth-order valence-electron chi connectivity index (χ4n) is 4.23. The molecular weight excluding hydrogens is 435 g/mol. The lowest BCUT2D eigenvalue weighted by Gasteiger charge is -2.32. The van der Waals surface area contributed by atoms with E-state index < -0.39 is 12.7 Å². The second-order valence-corrected chi connectivity index (χ2v) is 8.04. The zero-order valence-corrected chi connectivity index (χ0v) is 17.9. The molecule has 1 aromatic carbocycles. The Hall–Kier alpha value is -3.47. The van der Waals surface area contributed by atoms with Crippen molar-refractivity contribution in [3.8, 4) is 17.0 Å². The van der Waals surface area contributed by atoms with Crippen molar-refractivity contribution < 1.29 is 17.9 Å². The molecule has 5 rings (SSSR count). The molecule has 1 aliphatic heterocycles.